The van der Waals surface area contributed by atoms with Gasteiger partial charge >= 0.3 is 0 Å². The maximum absolute atomic E-state index is 12.1. The molecule has 0 bridgehead atoms. The number of amides is 1. The minimum Gasteiger partial charge on any atom is -0.490 e. The van der Waals surface area contributed by atoms with Gasteiger partial charge in [-0.3, -0.25) is 4.79 Å². The smallest absolute Gasteiger partial charge is 0.223 e. The van der Waals surface area contributed by atoms with Crippen molar-refractivity contribution in [1.82, 2.24) is 5.32 Å². The lowest BCUT2D eigenvalue weighted by atomic mass is 9.88. The highest BCUT2D eigenvalue weighted by Gasteiger charge is 2.20. The number of hydrogen-bond acceptors (Lipinski definition) is 3. The molecule has 2 aliphatic rings. The third-order valence-electron chi connectivity index (χ3n) is 4.25. The number of rotatable bonds is 3. The van der Waals surface area contributed by atoms with Crippen LogP contribution in [0.2, 0.25) is 0 Å². The summed E-state index contributed by atoms with van der Waals surface area (Å²) in [4.78, 5) is 12.1. The van der Waals surface area contributed by atoms with E-state index in [2.05, 4.69) is 5.32 Å². The van der Waals surface area contributed by atoms with Gasteiger partial charge in [-0.15, -0.1) is 0 Å². The van der Waals surface area contributed by atoms with E-state index in [1.54, 1.807) is 0 Å². The molecule has 0 spiro atoms. The molecule has 1 heterocycles. The Balaban J connectivity index is 1.57. The molecule has 0 unspecified atom stereocenters. The average molecular weight is 289 g/mol. The SMILES string of the molecule is O=C(NCc1ccc2c(c1)OCCCO2)C1CCCCC1. The molecule has 3 rings (SSSR count). The van der Waals surface area contributed by atoms with Crippen molar-refractivity contribution in [2.45, 2.75) is 45.1 Å². The van der Waals surface area contributed by atoms with Crippen LogP contribution in [-0.4, -0.2) is 19.1 Å². The molecule has 1 amide bonds. The summed E-state index contributed by atoms with van der Waals surface area (Å²) in [5, 5.41) is 3.06. The predicted octanol–water partition coefficient (Wildman–Crippen LogP) is 3.04. The zero-order valence-electron chi connectivity index (χ0n) is 12.4. The van der Waals surface area contributed by atoms with E-state index in [1.165, 1.54) is 19.3 Å². The molecule has 4 nitrogen and oxygen atoms in total. The van der Waals surface area contributed by atoms with E-state index in [9.17, 15) is 4.79 Å². The van der Waals surface area contributed by atoms with Crippen molar-refractivity contribution in [2.24, 2.45) is 5.92 Å². The zero-order chi connectivity index (χ0) is 14.5. The first-order chi connectivity index (χ1) is 10.3. The van der Waals surface area contributed by atoms with Crippen LogP contribution in [0, 0.1) is 5.92 Å². The van der Waals surface area contributed by atoms with E-state index in [0.717, 1.165) is 36.3 Å². The van der Waals surface area contributed by atoms with Gasteiger partial charge in [-0.1, -0.05) is 25.3 Å². The van der Waals surface area contributed by atoms with Crippen LogP contribution in [0.15, 0.2) is 18.2 Å². The molecule has 4 heteroatoms. The minimum atomic E-state index is 0.196. The van der Waals surface area contributed by atoms with Gasteiger partial charge in [-0.05, 0) is 30.5 Å². The molecule has 1 aliphatic heterocycles. The molecule has 21 heavy (non-hydrogen) atoms. The van der Waals surface area contributed by atoms with Crippen molar-refractivity contribution in [3.05, 3.63) is 23.8 Å². The first-order valence-electron chi connectivity index (χ1n) is 7.99. The van der Waals surface area contributed by atoms with Crippen LogP contribution in [0.25, 0.3) is 0 Å². The first kappa shape index (κ1) is 14.2. The Hall–Kier alpha value is -1.71. The molecule has 1 fully saturated rings. The van der Waals surface area contributed by atoms with Crippen LogP contribution in [0.5, 0.6) is 11.5 Å². The Morgan fingerprint density at radius 1 is 1.05 bits per heavy atom. The van der Waals surface area contributed by atoms with Crippen LogP contribution in [0.3, 0.4) is 0 Å². The van der Waals surface area contributed by atoms with Crippen molar-refractivity contribution in [1.29, 1.82) is 0 Å². The van der Waals surface area contributed by atoms with Gasteiger partial charge in [-0.2, -0.15) is 0 Å². The molecular formula is C17H23NO3. The molecule has 0 saturated heterocycles. The van der Waals surface area contributed by atoms with Crippen LogP contribution < -0.4 is 14.8 Å². The number of fused-ring (bicyclic) bond motifs is 1. The molecule has 1 N–H and O–H groups in total. The number of carbonyl (C=O) groups is 1. The highest BCUT2D eigenvalue weighted by molar-refractivity contribution is 5.78. The lowest BCUT2D eigenvalue weighted by molar-refractivity contribution is -0.126. The molecule has 1 aliphatic carbocycles. The number of carbonyl (C=O) groups excluding carboxylic acids is 1. The van der Waals surface area contributed by atoms with Crippen LogP contribution in [0.1, 0.15) is 44.1 Å². The summed E-state index contributed by atoms with van der Waals surface area (Å²) in [6.07, 6.45) is 6.61. The van der Waals surface area contributed by atoms with Gasteiger partial charge in [0.1, 0.15) is 0 Å². The normalized spacial score (nSPS) is 18.9. The largest absolute Gasteiger partial charge is 0.490 e. The number of nitrogens with one attached hydrogen (secondary N) is 1. The minimum absolute atomic E-state index is 0.196. The van der Waals surface area contributed by atoms with E-state index in [-0.39, 0.29) is 11.8 Å². The van der Waals surface area contributed by atoms with Gasteiger partial charge in [0.25, 0.3) is 0 Å². The van der Waals surface area contributed by atoms with E-state index in [4.69, 9.17) is 9.47 Å². The van der Waals surface area contributed by atoms with Crippen LogP contribution >= 0.6 is 0 Å². The first-order valence-corrected chi connectivity index (χ1v) is 7.99. The Morgan fingerprint density at radius 3 is 2.62 bits per heavy atom. The fourth-order valence-electron chi connectivity index (χ4n) is 3.02. The van der Waals surface area contributed by atoms with E-state index >= 15 is 0 Å². The number of ether oxygens (including phenoxy) is 2. The summed E-state index contributed by atoms with van der Waals surface area (Å²) in [5.41, 5.74) is 1.06. The van der Waals surface area contributed by atoms with Gasteiger partial charge in [-0.25, -0.2) is 0 Å². The van der Waals surface area contributed by atoms with E-state index in [1.807, 2.05) is 18.2 Å². The molecular weight excluding hydrogens is 266 g/mol. The second kappa shape index (κ2) is 6.83. The molecule has 1 aromatic rings. The average Bonchev–Trinajstić information content (AvgIpc) is 2.78. The van der Waals surface area contributed by atoms with Gasteiger partial charge in [0.2, 0.25) is 5.91 Å². The maximum Gasteiger partial charge on any atom is 0.223 e. The summed E-state index contributed by atoms with van der Waals surface area (Å²) in [5.74, 6) is 1.99. The molecule has 0 aromatic heterocycles. The van der Waals surface area contributed by atoms with E-state index < -0.39 is 0 Å². The quantitative estimate of drug-likeness (QED) is 0.930. The van der Waals surface area contributed by atoms with Gasteiger partial charge in [0.05, 0.1) is 13.2 Å². The third kappa shape index (κ3) is 3.69. The zero-order valence-corrected chi connectivity index (χ0v) is 12.4. The summed E-state index contributed by atoms with van der Waals surface area (Å²) in [6, 6.07) is 5.90. The van der Waals surface area contributed by atoms with Crippen LogP contribution in [-0.2, 0) is 11.3 Å². The van der Waals surface area contributed by atoms with Crippen molar-refractivity contribution in [3.8, 4) is 11.5 Å². The van der Waals surface area contributed by atoms with Gasteiger partial charge in [0, 0.05) is 18.9 Å². The fraction of sp³-hybridized carbons (Fsp3) is 0.588. The maximum atomic E-state index is 12.1. The van der Waals surface area contributed by atoms with E-state index in [0.29, 0.717) is 19.8 Å². The van der Waals surface area contributed by atoms with Gasteiger partial charge < -0.3 is 14.8 Å². The summed E-state index contributed by atoms with van der Waals surface area (Å²) >= 11 is 0. The summed E-state index contributed by atoms with van der Waals surface area (Å²) in [6.45, 7) is 1.95. The second-order valence-corrected chi connectivity index (χ2v) is 5.88. The Kier molecular flexibility index (Phi) is 4.63. The second-order valence-electron chi connectivity index (χ2n) is 5.88. The third-order valence-corrected chi connectivity index (χ3v) is 4.25. The molecule has 1 saturated carbocycles. The fourth-order valence-corrected chi connectivity index (χ4v) is 3.02. The monoisotopic (exact) mass is 289 g/mol. The molecule has 0 atom stereocenters. The highest BCUT2D eigenvalue weighted by Crippen LogP contribution is 2.30. The predicted molar refractivity (Wildman–Crippen MR) is 80.5 cm³/mol. The Bertz CT molecular complexity index is 495. The van der Waals surface area contributed by atoms with Crippen LogP contribution in [0.4, 0.5) is 0 Å². The molecule has 0 radical (unpaired) electrons. The number of benzene rings is 1. The lowest BCUT2D eigenvalue weighted by Crippen LogP contribution is -2.31. The summed E-state index contributed by atoms with van der Waals surface area (Å²) in [7, 11) is 0. The highest BCUT2D eigenvalue weighted by atomic mass is 16.5. The Labute approximate surface area is 125 Å². The lowest BCUT2D eigenvalue weighted by Gasteiger charge is -2.20. The van der Waals surface area contributed by atoms with Crippen molar-refractivity contribution >= 4 is 5.91 Å². The van der Waals surface area contributed by atoms with Crippen molar-refractivity contribution < 1.29 is 14.3 Å². The van der Waals surface area contributed by atoms with Crippen molar-refractivity contribution in [3.63, 3.8) is 0 Å². The summed E-state index contributed by atoms with van der Waals surface area (Å²) < 4.78 is 11.3. The molecule has 114 valence electrons. The Morgan fingerprint density at radius 2 is 1.81 bits per heavy atom. The van der Waals surface area contributed by atoms with Gasteiger partial charge in [0.15, 0.2) is 11.5 Å². The van der Waals surface area contributed by atoms with Crippen molar-refractivity contribution in [2.75, 3.05) is 13.2 Å². The standard InChI is InChI=1S/C17H23NO3/c19-17(14-5-2-1-3-6-14)18-12-13-7-8-15-16(11-13)21-10-4-9-20-15/h7-8,11,14H,1-6,9-10,12H2,(H,18,19). The number of hydrogen-bond donors (Lipinski definition) is 1. The molecule has 1 aromatic carbocycles. The topological polar surface area (TPSA) is 47.6 Å².